The Morgan fingerprint density at radius 2 is 1.00 bits per heavy atom. The first-order valence-electron chi connectivity index (χ1n) is 17.6. The van der Waals surface area contributed by atoms with Crippen LogP contribution in [-0.2, 0) is 28.7 Å². The molecule has 6 rings (SSSR count). The molecule has 264 valence electrons. The van der Waals surface area contributed by atoms with Gasteiger partial charge in [0.2, 0.25) is 0 Å². The predicted molar refractivity (Wildman–Crippen MR) is 182 cm³/mol. The first-order chi connectivity index (χ1) is 21.9. The Bertz CT molecular complexity index is 1440. The predicted octanol–water partition coefficient (Wildman–Crippen LogP) is 6.39. The number of aliphatic hydroxyl groups is 2. The monoisotopic (exact) mass is 664 g/mol. The number of ether oxygens (including phenoxy) is 2. The molecular formula is C40H56O8. The quantitative estimate of drug-likeness (QED) is 0.261. The zero-order chi connectivity index (χ0) is 36.2. The van der Waals surface area contributed by atoms with Gasteiger partial charge < -0.3 is 19.7 Å². The number of rotatable bonds is 4. The van der Waals surface area contributed by atoms with E-state index in [0.29, 0.717) is 59.8 Å². The summed E-state index contributed by atoms with van der Waals surface area (Å²) < 4.78 is 11.3. The molecule has 0 unspecified atom stereocenters. The highest BCUT2D eigenvalue weighted by molar-refractivity contribution is 6.01. The summed E-state index contributed by atoms with van der Waals surface area (Å²) in [6.45, 7) is 27.9. The van der Waals surface area contributed by atoms with Gasteiger partial charge in [-0.2, -0.15) is 0 Å². The lowest BCUT2D eigenvalue weighted by molar-refractivity contribution is -0.144. The molecule has 4 aliphatic carbocycles. The number of fused-ring (bicyclic) bond motifs is 4. The second kappa shape index (κ2) is 11.3. The van der Waals surface area contributed by atoms with Crippen LogP contribution in [0, 0.1) is 45.3 Å². The van der Waals surface area contributed by atoms with Gasteiger partial charge in [0.25, 0.3) is 0 Å². The van der Waals surface area contributed by atoms with Crippen LogP contribution in [0.25, 0.3) is 0 Å². The van der Waals surface area contributed by atoms with Gasteiger partial charge >= 0.3 is 11.9 Å². The number of hydrogen-bond donors (Lipinski definition) is 2. The molecule has 0 spiro atoms. The molecule has 0 amide bonds. The van der Waals surface area contributed by atoms with Crippen LogP contribution >= 0.6 is 0 Å². The molecule has 4 fully saturated rings. The fraction of sp³-hybridized carbons (Fsp3) is 0.700. The lowest BCUT2D eigenvalue weighted by Gasteiger charge is -2.43. The van der Waals surface area contributed by atoms with Crippen LogP contribution in [0.1, 0.15) is 108 Å². The van der Waals surface area contributed by atoms with Crippen LogP contribution in [0.3, 0.4) is 0 Å². The third-order valence-corrected chi connectivity index (χ3v) is 13.8. The number of carbonyl (C=O) groups is 4. The fourth-order valence-electron chi connectivity index (χ4n) is 10.6. The minimum absolute atomic E-state index is 0.103. The number of Topliss-reactive ketones (excluding diaryl/α,β-unsaturated/α-hetero) is 2. The van der Waals surface area contributed by atoms with Crippen molar-refractivity contribution in [2.45, 2.75) is 131 Å². The summed E-state index contributed by atoms with van der Waals surface area (Å²) >= 11 is 0. The first-order valence-corrected chi connectivity index (χ1v) is 17.6. The topological polar surface area (TPSA) is 127 Å². The smallest absolute Gasteiger partial charge is 0.306 e. The Hall–Kier alpha value is -2.84. The second-order valence-corrected chi connectivity index (χ2v) is 17.6. The molecule has 2 aliphatic heterocycles. The van der Waals surface area contributed by atoms with Crippen molar-refractivity contribution in [1.29, 1.82) is 0 Å². The third kappa shape index (κ3) is 4.90. The van der Waals surface area contributed by atoms with Crippen molar-refractivity contribution in [1.82, 2.24) is 0 Å². The van der Waals surface area contributed by atoms with E-state index >= 15 is 0 Å². The summed E-state index contributed by atoms with van der Waals surface area (Å²) in [5.41, 5.74) is -2.72. The van der Waals surface area contributed by atoms with Gasteiger partial charge in [-0.3, -0.25) is 19.2 Å². The highest BCUT2D eigenvalue weighted by Crippen LogP contribution is 2.63. The summed E-state index contributed by atoms with van der Waals surface area (Å²) in [7, 11) is 0. The van der Waals surface area contributed by atoms with Crippen LogP contribution in [-0.4, -0.2) is 57.1 Å². The molecule has 2 heterocycles. The summed E-state index contributed by atoms with van der Waals surface area (Å²) in [5.74, 6) is 0.686. The number of allylic oxidation sites excluding steroid dienone is 2. The van der Waals surface area contributed by atoms with Gasteiger partial charge in [-0.25, -0.2) is 0 Å². The number of ketones is 2. The summed E-state index contributed by atoms with van der Waals surface area (Å²) in [6, 6.07) is 0. The van der Waals surface area contributed by atoms with E-state index in [9.17, 15) is 29.4 Å². The van der Waals surface area contributed by atoms with Crippen molar-refractivity contribution in [3.63, 3.8) is 0 Å². The lowest BCUT2D eigenvalue weighted by atomic mass is 9.64. The van der Waals surface area contributed by atoms with Crippen molar-refractivity contribution in [2.24, 2.45) is 45.3 Å². The van der Waals surface area contributed by atoms with Gasteiger partial charge in [-0.1, -0.05) is 68.5 Å². The molecular weight excluding hydrogens is 608 g/mol. The Labute approximate surface area is 286 Å². The largest absolute Gasteiger partial charge is 0.462 e. The average molecular weight is 665 g/mol. The van der Waals surface area contributed by atoms with Crippen molar-refractivity contribution in [2.75, 3.05) is 0 Å². The Kier molecular flexibility index (Phi) is 8.61. The minimum atomic E-state index is -1.42. The van der Waals surface area contributed by atoms with Gasteiger partial charge in [0.05, 0.1) is 23.7 Å². The van der Waals surface area contributed by atoms with E-state index in [1.54, 1.807) is 26.0 Å². The first kappa shape index (κ1) is 36.4. The number of hydrogen-bond acceptors (Lipinski definition) is 8. The highest BCUT2D eigenvalue weighted by Gasteiger charge is 2.66. The fourth-order valence-corrected chi connectivity index (χ4v) is 10.6. The van der Waals surface area contributed by atoms with Gasteiger partial charge in [0.1, 0.15) is 23.4 Å². The maximum atomic E-state index is 12.8. The molecule has 2 saturated heterocycles. The molecule has 0 bridgehead atoms. The van der Waals surface area contributed by atoms with Crippen LogP contribution in [0.4, 0.5) is 0 Å². The number of esters is 2. The van der Waals surface area contributed by atoms with Crippen LogP contribution < -0.4 is 0 Å². The minimum Gasteiger partial charge on any atom is -0.462 e. The zero-order valence-corrected chi connectivity index (χ0v) is 30.6. The molecule has 0 radical (unpaired) electrons. The van der Waals surface area contributed by atoms with Gasteiger partial charge in [-0.15, -0.1) is 0 Å². The van der Waals surface area contributed by atoms with Gasteiger partial charge in [0, 0.05) is 34.8 Å². The van der Waals surface area contributed by atoms with E-state index < -0.39 is 34.2 Å². The number of carbonyl (C=O) groups excluding carboxylic acids is 4. The molecule has 8 heteroatoms. The van der Waals surface area contributed by atoms with E-state index in [2.05, 4.69) is 54.7 Å². The van der Waals surface area contributed by atoms with E-state index in [0.717, 1.165) is 0 Å². The van der Waals surface area contributed by atoms with Gasteiger partial charge in [0.15, 0.2) is 11.6 Å². The van der Waals surface area contributed by atoms with Crippen LogP contribution in [0.5, 0.6) is 0 Å². The summed E-state index contributed by atoms with van der Waals surface area (Å²) in [5, 5.41) is 23.0. The van der Waals surface area contributed by atoms with E-state index in [1.807, 2.05) is 13.8 Å². The van der Waals surface area contributed by atoms with E-state index in [1.165, 1.54) is 0 Å². The Morgan fingerprint density at radius 1 is 0.688 bits per heavy atom. The maximum absolute atomic E-state index is 12.8. The molecule has 10 atom stereocenters. The van der Waals surface area contributed by atoms with Crippen molar-refractivity contribution < 1.29 is 38.9 Å². The lowest BCUT2D eigenvalue weighted by Crippen LogP contribution is -2.50. The van der Waals surface area contributed by atoms with Crippen molar-refractivity contribution in [3.05, 3.63) is 47.6 Å². The van der Waals surface area contributed by atoms with Crippen LogP contribution in [0.2, 0.25) is 0 Å². The zero-order valence-electron chi connectivity index (χ0n) is 30.6. The van der Waals surface area contributed by atoms with Crippen molar-refractivity contribution >= 4 is 23.5 Å². The molecule has 2 N–H and O–H groups in total. The Morgan fingerprint density at radius 3 is 1.27 bits per heavy atom. The third-order valence-electron chi connectivity index (χ3n) is 13.8. The average Bonchev–Trinajstić information content (AvgIpc) is 3.56. The SMILES string of the molecule is C=C(C)[C@]1(O)C=C2C(=O)C[C@@H](C(C)C)[C@]2(C)C[C@H]2OC(=O)C[C@]21C.C=C(C)[C@]1(O)C=C2C(=O)C[C@@H](C(C)C)[C@]2(C)C[C@H]2OC(=O)C[C@]21C. The molecule has 6 aliphatic rings. The Balaban J connectivity index is 0.000000188. The molecule has 2 saturated carbocycles. The van der Waals surface area contributed by atoms with E-state index in [-0.39, 0.29) is 59.0 Å². The molecule has 0 aromatic carbocycles. The van der Waals surface area contributed by atoms with Crippen LogP contribution in [0.15, 0.2) is 47.6 Å². The summed E-state index contributed by atoms with van der Waals surface area (Å²) in [4.78, 5) is 49.7. The van der Waals surface area contributed by atoms with E-state index in [4.69, 9.17) is 9.47 Å². The molecule has 8 nitrogen and oxygen atoms in total. The second-order valence-electron chi connectivity index (χ2n) is 17.6. The van der Waals surface area contributed by atoms with Gasteiger partial charge in [-0.05, 0) is 73.7 Å². The standard InChI is InChI=1S/2C20H28O4/c2*1-11(2)13-7-15(21)14-8-20(23,12(3)4)19(6)10-17(22)24-16(19)9-18(13,14)5/h2*8,11,13,16,23H,3,7,9-10H2,1-2,4-6H3/t2*13-,16+,18-,19+,20+/m00/s1. The summed E-state index contributed by atoms with van der Waals surface area (Å²) in [6.07, 6.45) is 4.99. The normalized spacial score (nSPS) is 44.7. The molecule has 0 aromatic rings. The molecule has 0 aromatic heterocycles. The maximum Gasteiger partial charge on any atom is 0.306 e. The molecule has 48 heavy (non-hydrogen) atoms. The highest BCUT2D eigenvalue weighted by atomic mass is 16.6. The van der Waals surface area contributed by atoms with Crippen molar-refractivity contribution in [3.8, 4) is 0 Å².